The molecule has 6 fully saturated rings. The Balaban J connectivity index is 1.33. The first-order valence-corrected chi connectivity index (χ1v) is 27.6. The Kier molecular flexibility index (Phi) is 24.6. The lowest BCUT2D eigenvalue weighted by atomic mass is 9.88. The number of aliphatic carboxylic acids is 1. The summed E-state index contributed by atoms with van der Waals surface area (Å²) < 4.78 is 99.9. The molecule has 85 heavy (non-hydrogen) atoms. The lowest BCUT2D eigenvalue weighted by Gasteiger charge is -2.52. The number of hydrogen-bond acceptors (Lipinski definition) is 34. The summed E-state index contributed by atoms with van der Waals surface area (Å²) in [7, 11) is -5.17. The van der Waals surface area contributed by atoms with Crippen molar-refractivity contribution < 1.29 is 175 Å². The Morgan fingerprint density at radius 2 is 1.06 bits per heavy atom. The highest BCUT2D eigenvalue weighted by Gasteiger charge is 2.61. The minimum atomic E-state index is -5.17. The molecule has 6 aliphatic heterocycles. The first-order valence-electron chi connectivity index (χ1n) is 26.2. The molecule has 40 heteroatoms. The molecule has 6 aliphatic rings. The third kappa shape index (κ3) is 16.4. The van der Waals surface area contributed by atoms with Crippen molar-refractivity contribution in [3.05, 3.63) is 0 Å². The topological polar surface area (TPSA) is 613 Å². The normalized spacial score (nSPS) is 45.2. The van der Waals surface area contributed by atoms with E-state index in [0.29, 0.717) is 0 Å². The predicted molar refractivity (Wildman–Crippen MR) is 260 cm³/mol. The number of aliphatic hydroxyl groups excluding tert-OH is 16. The Labute approximate surface area is 481 Å². The van der Waals surface area contributed by atoms with E-state index in [2.05, 4.69) is 20.1 Å². The van der Waals surface area contributed by atoms with Crippen LogP contribution in [0.2, 0.25) is 0 Å². The van der Waals surface area contributed by atoms with Crippen molar-refractivity contribution in [2.45, 2.75) is 224 Å². The molecular formula is C45H75N3O36S. The van der Waals surface area contributed by atoms with Gasteiger partial charge in [0.1, 0.15) is 134 Å². The smallest absolute Gasteiger partial charge is 0.397 e. The quantitative estimate of drug-likeness (QED) is 0.0422. The van der Waals surface area contributed by atoms with Gasteiger partial charge in [0, 0.05) is 27.2 Å². The Bertz CT molecular complexity index is 2340. The zero-order chi connectivity index (χ0) is 63.5. The summed E-state index contributed by atoms with van der Waals surface area (Å²) in [5.41, 5.74) is 0. The largest absolute Gasteiger partial charge is 0.477 e. The molecule has 0 aromatic carbocycles. The van der Waals surface area contributed by atoms with Crippen molar-refractivity contribution in [1.82, 2.24) is 16.0 Å². The van der Waals surface area contributed by atoms with Gasteiger partial charge in [0.15, 0.2) is 31.5 Å². The molecule has 0 radical (unpaired) electrons. The molecule has 0 aromatic rings. The minimum Gasteiger partial charge on any atom is -0.477 e. The minimum absolute atomic E-state index is 0.852. The van der Waals surface area contributed by atoms with E-state index >= 15 is 0 Å². The average Bonchev–Trinajstić information content (AvgIpc) is 1.44. The molecule has 0 aliphatic carbocycles. The van der Waals surface area contributed by atoms with Crippen molar-refractivity contribution >= 4 is 34.1 Å². The monoisotopic (exact) mass is 1270 g/mol. The van der Waals surface area contributed by atoms with Crippen molar-refractivity contribution in [2.75, 3.05) is 33.0 Å². The molecule has 0 spiro atoms. The molecule has 0 bridgehead atoms. The van der Waals surface area contributed by atoms with Crippen LogP contribution in [0.15, 0.2) is 0 Å². The number of carbonyl (C=O) groups is 4. The second kappa shape index (κ2) is 29.5. The summed E-state index contributed by atoms with van der Waals surface area (Å²) >= 11 is 0. The van der Waals surface area contributed by atoms with Crippen LogP contribution in [0, 0.1) is 0 Å². The second-order valence-electron chi connectivity index (χ2n) is 20.9. The van der Waals surface area contributed by atoms with Gasteiger partial charge in [-0.1, -0.05) is 0 Å². The maximum Gasteiger partial charge on any atom is 0.397 e. The van der Waals surface area contributed by atoms with Gasteiger partial charge in [-0.3, -0.25) is 18.9 Å². The summed E-state index contributed by atoms with van der Waals surface area (Å²) in [5.74, 6) is -8.05. The number of aliphatic hydroxyl groups is 16. The zero-order valence-corrected chi connectivity index (χ0v) is 46.2. The van der Waals surface area contributed by atoms with Crippen LogP contribution in [0.4, 0.5) is 0 Å². The third-order valence-corrected chi connectivity index (χ3v) is 15.2. The summed E-state index contributed by atoms with van der Waals surface area (Å²) in [6.45, 7) is -1.60. The number of carboxylic acids is 1. The van der Waals surface area contributed by atoms with E-state index in [-0.39, 0.29) is 0 Å². The van der Waals surface area contributed by atoms with Crippen molar-refractivity contribution in [3.63, 3.8) is 0 Å². The molecule has 492 valence electrons. The number of rotatable bonds is 23. The number of nitrogens with one attached hydrogen (secondary N) is 3. The van der Waals surface area contributed by atoms with Gasteiger partial charge in [-0.15, -0.1) is 0 Å². The summed E-state index contributed by atoms with van der Waals surface area (Å²) in [6.07, 6.45) is -57.2. The van der Waals surface area contributed by atoms with Crippen LogP contribution in [-0.2, 0) is 85.9 Å². The van der Waals surface area contributed by atoms with Crippen LogP contribution in [0.25, 0.3) is 0 Å². The van der Waals surface area contributed by atoms with Crippen molar-refractivity contribution in [2.24, 2.45) is 0 Å². The number of amides is 3. The fourth-order valence-corrected chi connectivity index (χ4v) is 10.7. The Hall–Kier alpha value is -3.33. The van der Waals surface area contributed by atoms with E-state index in [1.165, 1.54) is 6.92 Å². The van der Waals surface area contributed by atoms with E-state index < -0.39 is 263 Å². The fourth-order valence-electron chi connectivity index (χ4n) is 10.4. The Morgan fingerprint density at radius 3 is 1.62 bits per heavy atom. The molecule has 0 aromatic heterocycles. The van der Waals surface area contributed by atoms with Gasteiger partial charge in [0.25, 0.3) is 5.79 Å². The van der Waals surface area contributed by atoms with Gasteiger partial charge in [-0.25, -0.2) is 8.98 Å². The molecule has 0 unspecified atom stereocenters. The molecule has 21 N–H and O–H groups in total. The zero-order valence-electron chi connectivity index (χ0n) is 45.4. The van der Waals surface area contributed by atoms with E-state index in [1.54, 1.807) is 0 Å². The van der Waals surface area contributed by atoms with Gasteiger partial charge in [0.2, 0.25) is 17.7 Å². The van der Waals surface area contributed by atoms with E-state index in [4.69, 9.17) is 56.7 Å². The van der Waals surface area contributed by atoms with Crippen LogP contribution in [0.1, 0.15) is 34.1 Å². The molecule has 6 saturated heterocycles. The highest BCUT2D eigenvalue weighted by molar-refractivity contribution is 7.80. The summed E-state index contributed by atoms with van der Waals surface area (Å²) in [4.78, 5) is 50.8. The first kappa shape index (κ1) is 70.8. The molecule has 6 heterocycles. The molecule has 3 amide bonds. The number of ether oxygens (including phenoxy) is 11. The molecule has 6 rings (SSSR count). The fraction of sp³-hybridized carbons (Fsp3) is 0.911. The predicted octanol–water partition coefficient (Wildman–Crippen LogP) is -13.6. The van der Waals surface area contributed by atoms with Gasteiger partial charge < -0.3 is 155 Å². The molecule has 31 atom stereocenters. The first-order chi connectivity index (χ1) is 39.7. The molecule has 39 nitrogen and oxygen atoms in total. The van der Waals surface area contributed by atoms with E-state index in [0.717, 1.165) is 20.8 Å². The SMILES string of the molecule is CC(=O)N[C@@H]1[C@@H](O[C@@H]2O[C@H](COS(=O)(=O)O)[C@H](O)[C@H](O)[C@H]2O)[C@@H](O)[C@@H](CO[C@@H]2O[C@H](CO)[C@@H](O[C@@H]3O[C@H](CO)[C@H](O)[C@H](O[C@]4(C(=O)O)C[C@H](O)[C@@H](NC(C)=O)[C@H]([C@H](O)[C@H](O)CO)O4)[C@H]3O)[C@H](O[C@@H]3O[C@@H](C)[C@@H](O)[C@@H](O)[C@@H]3O)[C@H]2NC(C)=O)O[C@H]1O. The number of carbonyl (C=O) groups excluding carboxylic acids is 3. The summed E-state index contributed by atoms with van der Waals surface area (Å²) in [6, 6.07) is -5.38. The molecule has 0 saturated carbocycles. The van der Waals surface area contributed by atoms with E-state index in [1.807, 2.05) is 0 Å². The number of hydrogen-bond donors (Lipinski definition) is 21. The van der Waals surface area contributed by atoms with Crippen LogP contribution in [0.5, 0.6) is 0 Å². The van der Waals surface area contributed by atoms with Crippen LogP contribution in [0.3, 0.4) is 0 Å². The average molecular weight is 1270 g/mol. The lowest BCUT2D eigenvalue weighted by Crippen LogP contribution is -2.71. The third-order valence-electron chi connectivity index (χ3n) is 14.8. The van der Waals surface area contributed by atoms with Crippen LogP contribution < -0.4 is 16.0 Å². The van der Waals surface area contributed by atoms with Gasteiger partial charge in [-0.05, 0) is 6.92 Å². The lowest BCUT2D eigenvalue weighted by molar-refractivity contribution is -0.392. The van der Waals surface area contributed by atoms with E-state index in [9.17, 15) is 114 Å². The highest BCUT2D eigenvalue weighted by Crippen LogP contribution is 2.40. The highest BCUT2D eigenvalue weighted by atomic mass is 32.3. The maximum absolute atomic E-state index is 13.2. The Morgan fingerprint density at radius 1 is 0.565 bits per heavy atom. The van der Waals surface area contributed by atoms with Crippen molar-refractivity contribution in [1.29, 1.82) is 0 Å². The van der Waals surface area contributed by atoms with Crippen molar-refractivity contribution in [3.8, 4) is 0 Å². The van der Waals surface area contributed by atoms with Crippen LogP contribution >= 0.6 is 0 Å². The van der Waals surface area contributed by atoms with Crippen LogP contribution in [-0.4, -0.2) is 346 Å². The standard InChI is InChI=1S/C45H75N3O36S/c1-11-24(57)29(62)31(64)41(75-11)82-37-23(48-14(4)54)40(73-9-19-28(61)35(22(39(67)76-19)47-13(3)53)81-42-32(65)30(63)26(59)20(79-42)10-74-85(70,71)72)78-18(8-51)34(37)80-43-33(66)38(27(60)17(7-50)77-43)84-45(44(68)69)5-15(55)21(46-12(2)52)36(83-45)25(58)16(56)6-49/h11,15-43,49-51,55-67H,5-10H2,1-4H3,(H,46,52)(H,47,53)(H,48,54)(H,68,69)(H,70,71,72)/t11-,15-,16+,17+,18+,19+,20+,21+,22+,23+,24+,25+,26-,27-,28-,29+,30-,31-,32+,33+,34+,35+,36+,37+,38-,39+,40+,41-,42-,43-,45-/m0/s1. The number of carboxylic acid groups (broad SMARTS) is 1. The maximum atomic E-state index is 13.2. The summed E-state index contributed by atoms with van der Waals surface area (Å²) in [5, 5.41) is 192. The molecular weight excluding hydrogens is 1190 g/mol. The van der Waals surface area contributed by atoms with Gasteiger partial charge >= 0.3 is 16.4 Å². The van der Waals surface area contributed by atoms with Gasteiger partial charge in [-0.2, -0.15) is 8.42 Å². The van der Waals surface area contributed by atoms with Gasteiger partial charge in [0.05, 0.1) is 51.3 Å². The second-order valence-corrected chi connectivity index (χ2v) is 22.0.